The van der Waals surface area contributed by atoms with E-state index in [4.69, 9.17) is 4.74 Å². The van der Waals surface area contributed by atoms with Gasteiger partial charge in [0.15, 0.2) is 0 Å². The molecule has 0 saturated carbocycles. The monoisotopic (exact) mass is 288 g/mol. The van der Waals surface area contributed by atoms with Gasteiger partial charge in [0.2, 0.25) is 0 Å². The Morgan fingerprint density at radius 3 is 1.95 bits per heavy atom. The van der Waals surface area contributed by atoms with Crippen LogP contribution < -0.4 is 4.74 Å². The molecule has 22 heavy (non-hydrogen) atoms. The minimum absolute atomic E-state index is 0.749. The van der Waals surface area contributed by atoms with Crippen molar-refractivity contribution in [2.45, 2.75) is 13.3 Å². The Morgan fingerprint density at radius 2 is 1.23 bits per heavy atom. The Labute approximate surface area is 132 Å². The number of benzene rings is 3. The number of hydrogen-bond acceptors (Lipinski definition) is 1. The van der Waals surface area contributed by atoms with Crippen LogP contribution in [0.25, 0.3) is 22.3 Å². The SMILES string of the molecule is CCCOc1ccccc1-c1ccc(-c2ccccc2)cc1. The van der Waals surface area contributed by atoms with Gasteiger partial charge in [0.05, 0.1) is 6.61 Å². The number of para-hydroxylation sites is 1. The van der Waals surface area contributed by atoms with E-state index in [2.05, 4.69) is 67.6 Å². The first-order chi connectivity index (χ1) is 10.9. The largest absolute Gasteiger partial charge is 0.493 e. The van der Waals surface area contributed by atoms with Gasteiger partial charge in [0.25, 0.3) is 0 Å². The van der Waals surface area contributed by atoms with E-state index in [-0.39, 0.29) is 0 Å². The predicted molar refractivity (Wildman–Crippen MR) is 93.1 cm³/mol. The molecule has 0 atom stereocenters. The maximum Gasteiger partial charge on any atom is 0.127 e. The second-order valence-corrected chi connectivity index (χ2v) is 5.29. The van der Waals surface area contributed by atoms with Crippen molar-refractivity contribution in [3.05, 3.63) is 78.9 Å². The van der Waals surface area contributed by atoms with Gasteiger partial charge in [-0.05, 0) is 29.2 Å². The molecule has 0 spiro atoms. The molecule has 0 aliphatic carbocycles. The lowest BCUT2D eigenvalue weighted by Gasteiger charge is -2.11. The Morgan fingerprint density at radius 1 is 0.636 bits per heavy atom. The Kier molecular flexibility index (Phi) is 4.55. The zero-order valence-corrected chi connectivity index (χ0v) is 12.8. The van der Waals surface area contributed by atoms with Crippen molar-refractivity contribution in [2.24, 2.45) is 0 Å². The molecule has 0 amide bonds. The first-order valence-electron chi connectivity index (χ1n) is 7.76. The molecule has 0 N–H and O–H groups in total. The molecule has 0 bridgehead atoms. The van der Waals surface area contributed by atoms with Crippen LogP contribution in [0.2, 0.25) is 0 Å². The quantitative estimate of drug-likeness (QED) is 0.575. The van der Waals surface area contributed by atoms with Crippen molar-refractivity contribution >= 4 is 0 Å². The second kappa shape index (κ2) is 6.95. The third kappa shape index (κ3) is 3.20. The van der Waals surface area contributed by atoms with E-state index < -0.39 is 0 Å². The molecule has 3 aromatic rings. The van der Waals surface area contributed by atoms with Crippen LogP contribution in [0, 0.1) is 0 Å². The summed E-state index contributed by atoms with van der Waals surface area (Å²) in [6.07, 6.45) is 1.02. The summed E-state index contributed by atoms with van der Waals surface area (Å²) in [5.41, 5.74) is 4.81. The molecule has 3 rings (SSSR count). The third-order valence-electron chi connectivity index (χ3n) is 3.65. The van der Waals surface area contributed by atoms with E-state index >= 15 is 0 Å². The molecule has 0 aromatic heterocycles. The summed E-state index contributed by atoms with van der Waals surface area (Å²) in [5, 5.41) is 0. The summed E-state index contributed by atoms with van der Waals surface area (Å²) in [5.74, 6) is 0.955. The number of hydrogen-bond donors (Lipinski definition) is 0. The normalized spacial score (nSPS) is 10.4. The molecular formula is C21H20O. The van der Waals surface area contributed by atoms with Crippen LogP contribution in [0.4, 0.5) is 0 Å². The van der Waals surface area contributed by atoms with Gasteiger partial charge in [-0.15, -0.1) is 0 Å². The highest BCUT2D eigenvalue weighted by atomic mass is 16.5. The summed E-state index contributed by atoms with van der Waals surface area (Å²) < 4.78 is 5.86. The van der Waals surface area contributed by atoms with Crippen LogP contribution >= 0.6 is 0 Å². The maximum atomic E-state index is 5.86. The van der Waals surface area contributed by atoms with Gasteiger partial charge in [-0.2, -0.15) is 0 Å². The average molecular weight is 288 g/mol. The summed E-state index contributed by atoms with van der Waals surface area (Å²) in [4.78, 5) is 0. The smallest absolute Gasteiger partial charge is 0.127 e. The predicted octanol–water partition coefficient (Wildman–Crippen LogP) is 5.81. The van der Waals surface area contributed by atoms with Crippen LogP contribution in [0.3, 0.4) is 0 Å². The lowest BCUT2D eigenvalue weighted by atomic mass is 10.00. The first kappa shape index (κ1) is 14.4. The van der Waals surface area contributed by atoms with E-state index in [1.807, 2.05) is 18.2 Å². The van der Waals surface area contributed by atoms with Gasteiger partial charge in [-0.1, -0.05) is 79.7 Å². The molecule has 1 heteroatoms. The molecule has 0 radical (unpaired) electrons. The fourth-order valence-electron chi connectivity index (χ4n) is 2.52. The van der Waals surface area contributed by atoms with Crippen LogP contribution in [0.15, 0.2) is 78.9 Å². The highest BCUT2D eigenvalue weighted by Gasteiger charge is 2.06. The van der Waals surface area contributed by atoms with Crippen LogP contribution in [-0.2, 0) is 0 Å². The molecule has 3 aromatic carbocycles. The highest BCUT2D eigenvalue weighted by Crippen LogP contribution is 2.31. The Balaban J connectivity index is 1.90. The second-order valence-electron chi connectivity index (χ2n) is 5.29. The van der Waals surface area contributed by atoms with Crippen molar-refractivity contribution in [1.29, 1.82) is 0 Å². The van der Waals surface area contributed by atoms with E-state index in [1.165, 1.54) is 16.7 Å². The molecule has 0 saturated heterocycles. The summed E-state index contributed by atoms with van der Waals surface area (Å²) in [7, 11) is 0. The fourth-order valence-corrected chi connectivity index (χ4v) is 2.52. The molecule has 1 nitrogen and oxygen atoms in total. The molecule has 110 valence electrons. The minimum Gasteiger partial charge on any atom is -0.493 e. The van der Waals surface area contributed by atoms with Gasteiger partial charge >= 0.3 is 0 Å². The highest BCUT2D eigenvalue weighted by molar-refractivity contribution is 5.74. The zero-order valence-electron chi connectivity index (χ0n) is 12.8. The standard InChI is InChI=1S/C21H20O/c1-2-16-22-21-11-7-6-10-20(21)19-14-12-18(13-15-19)17-8-4-3-5-9-17/h3-15H,2,16H2,1H3. The third-order valence-corrected chi connectivity index (χ3v) is 3.65. The molecular weight excluding hydrogens is 268 g/mol. The van der Waals surface area contributed by atoms with Crippen LogP contribution in [0.5, 0.6) is 5.75 Å². The number of rotatable bonds is 5. The topological polar surface area (TPSA) is 9.23 Å². The lowest BCUT2D eigenvalue weighted by molar-refractivity contribution is 0.318. The molecule has 0 unspecified atom stereocenters. The van der Waals surface area contributed by atoms with Crippen LogP contribution in [0.1, 0.15) is 13.3 Å². The van der Waals surface area contributed by atoms with Crippen molar-refractivity contribution in [3.8, 4) is 28.0 Å². The van der Waals surface area contributed by atoms with Gasteiger partial charge in [0, 0.05) is 5.56 Å². The average Bonchev–Trinajstić information content (AvgIpc) is 2.61. The first-order valence-corrected chi connectivity index (χ1v) is 7.76. The minimum atomic E-state index is 0.749. The van der Waals surface area contributed by atoms with Crippen molar-refractivity contribution < 1.29 is 4.74 Å². The van der Waals surface area contributed by atoms with Gasteiger partial charge in [-0.3, -0.25) is 0 Å². The lowest BCUT2D eigenvalue weighted by Crippen LogP contribution is -1.96. The van der Waals surface area contributed by atoms with E-state index in [9.17, 15) is 0 Å². The van der Waals surface area contributed by atoms with Crippen molar-refractivity contribution in [1.82, 2.24) is 0 Å². The van der Waals surface area contributed by atoms with Gasteiger partial charge in [-0.25, -0.2) is 0 Å². The van der Waals surface area contributed by atoms with Gasteiger partial charge in [0.1, 0.15) is 5.75 Å². The molecule has 0 heterocycles. The summed E-state index contributed by atoms with van der Waals surface area (Å²) in [6, 6.07) is 27.3. The fraction of sp³-hybridized carbons (Fsp3) is 0.143. The van der Waals surface area contributed by atoms with Gasteiger partial charge < -0.3 is 4.74 Å². The van der Waals surface area contributed by atoms with E-state index in [1.54, 1.807) is 0 Å². The van der Waals surface area contributed by atoms with E-state index in [0.29, 0.717) is 0 Å². The summed E-state index contributed by atoms with van der Waals surface area (Å²) >= 11 is 0. The molecule has 0 aliphatic rings. The number of ether oxygens (including phenoxy) is 1. The Bertz CT molecular complexity index is 714. The maximum absolute atomic E-state index is 5.86. The van der Waals surface area contributed by atoms with Crippen molar-refractivity contribution in [2.75, 3.05) is 6.61 Å². The Hall–Kier alpha value is -2.54. The summed E-state index contributed by atoms with van der Waals surface area (Å²) in [6.45, 7) is 2.87. The van der Waals surface area contributed by atoms with E-state index in [0.717, 1.165) is 24.3 Å². The van der Waals surface area contributed by atoms with Crippen LogP contribution in [-0.4, -0.2) is 6.61 Å². The zero-order chi connectivity index (χ0) is 15.2. The molecule has 0 fully saturated rings. The molecule has 0 aliphatic heterocycles. The van der Waals surface area contributed by atoms with Crippen molar-refractivity contribution in [3.63, 3.8) is 0 Å².